The number of halogens is 3. The highest BCUT2D eigenvalue weighted by Gasteiger charge is 1.83. The molecule has 13 heavy (non-hydrogen) atoms. The van der Waals surface area contributed by atoms with E-state index >= 15 is 0 Å². The maximum atomic E-state index is 9.45. The van der Waals surface area contributed by atoms with E-state index in [0.29, 0.717) is 5.88 Å². The minimum absolute atomic E-state index is 0.0957. The lowest BCUT2D eigenvalue weighted by Gasteiger charge is -1.88. The van der Waals surface area contributed by atoms with Crippen LogP contribution >= 0.6 is 34.8 Å². The van der Waals surface area contributed by atoms with Crippen LogP contribution in [-0.2, 0) is 10.7 Å². The van der Waals surface area contributed by atoms with Gasteiger partial charge in [0.05, 0.1) is 5.88 Å². The molecule has 0 aliphatic carbocycles. The monoisotopic (exact) mass is 238 g/mol. The summed E-state index contributed by atoms with van der Waals surface area (Å²) in [5.41, 5.74) is 1.18. The maximum absolute atomic E-state index is 9.45. The van der Waals surface area contributed by atoms with E-state index in [1.807, 2.05) is 30.3 Å². The van der Waals surface area contributed by atoms with E-state index in [1.165, 1.54) is 5.56 Å². The number of hydrogen-bond donors (Lipinski definition) is 0. The average molecular weight is 240 g/mol. The number of alkyl halides is 2. The molecule has 1 rings (SSSR count). The predicted octanol–water partition coefficient (Wildman–Crippen LogP) is 3.42. The Kier molecular flexibility index (Phi) is 8.21. The molecule has 0 amide bonds. The largest absolute Gasteiger partial charge is 0.280 e. The van der Waals surface area contributed by atoms with Gasteiger partial charge in [-0.2, -0.15) is 0 Å². The highest BCUT2D eigenvalue weighted by atomic mass is 35.5. The van der Waals surface area contributed by atoms with Crippen LogP contribution in [0.1, 0.15) is 5.56 Å². The minimum Gasteiger partial charge on any atom is -0.280 e. The van der Waals surface area contributed by atoms with Crippen molar-refractivity contribution in [3.05, 3.63) is 35.9 Å². The van der Waals surface area contributed by atoms with Crippen LogP contribution in [-0.4, -0.2) is 11.1 Å². The van der Waals surface area contributed by atoms with E-state index in [9.17, 15) is 4.79 Å². The van der Waals surface area contributed by atoms with Crippen LogP contribution in [0.5, 0.6) is 0 Å². The zero-order chi connectivity index (χ0) is 10.1. The van der Waals surface area contributed by atoms with Gasteiger partial charge in [-0.3, -0.25) is 4.79 Å². The summed E-state index contributed by atoms with van der Waals surface area (Å²) < 4.78 is 0. The lowest BCUT2D eigenvalue weighted by molar-refractivity contribution is -0.109. The van der Waals surface area contributed by atoms with E-state index in [0.717, 1.165) is 0 Å². The molecule has 0 spiro atoms. The van der Waals surface area contributed by atoms with Gasteiger partial charge in [-0.15, -0.1) is 23.2 Å². The van der Waals surface area contributed by atoms with Gasteiger partial charge < -0.3 is 0 Å². The van der Waals surface area contributed by atoms with E-state index < -0.39 is 5.24 Å². The summed E-state index contributed by atoms with van der Waals surface area (Å²) in [5, 5.41) is -0.508. The Bertz CT molecular complexity index is 236. The molecular formula is C9H9Cl3O. The fourth-order valence-corrected chi connectivity index (χ4v) is 0.745. The fraction of sp³-hybridized carbons (Fsp3) is 0.222. The van der Waals surface area contributed by atoms with Crippen LogP contribution in [0.3, 0.4) is 0 Å². The molecule has 0 aromatic heterocycles. The quantitative estimate of drug-likeness (QED) is 0.571. The SMILES string of the molecule is ClCc1ccccc1.O=C(Cl)CCl. The van der Waals surface area contributed by atoms with Crippen LogP contribution in [0, 0.1) is 0 Å². The van der Waals surface area contributed by atoms with Crippen molar-refractivity contribution in [2.45, 2.75) is 5.88 Å². The Hall–Kier alpha value is -0.240. The smallest absolute Gasteiger partial charge is 0.236 e. The molecule has 0 unspecified atom stereocenters. The van der Waals surface area contributed by atoms with Crippen molar-refractivity contribution in [1.82, 2.24) is 0 Å². The van der Waals surface area contributed by atoms with Gasteiger partial charge in [0.15, 0.2) is 0 Å². The molecule has 0 saturated carbocycles. The molecule has 0 atom stereocenters. The van der Waals surface area contributed by atoms with Crippen LogP contribution in [0.4, 0.5) is 0 Å². The standard InChI is InChI=1S/C7H7Cl.C2H2Cl2O/c8-6-7-4-2-1-3-5-7;3-1-2(4)5/h1-5H,6H2;1H2. The summed E-state index contributed by atoms with van der Waals surface area (Å²) in [7, 11) is 0. The summed E-state index contributed by atoms with van der Waals surface area (Å²) in [4.78, 5) is 9.45. The molecule has 0 bridgehead atoms. The highest BCUT2D eigenvalue weighted by Crippen LogP contribution is 2.00. The molecule has 4 heteroatoms. The molecule has 1 aromatic carbocycles. The molecule has 0 radical (unpaired) electrons. The number of rotatable bonds is 2. The molecule has 0 fully saturated rings. The van der Waals surface area contributed by atoms with E-state index in [-0.39, 0.29) is 5.88 Å². The predicted molar refractivity (Wildman–Crippen MR) is 57.6 cm³/mol. The van der Waals surface area contributed by atoms with Crippen LogP contribution in [0.2, 0.25) is 0 Å². The molecule has 0 N–H and O–H groups in total. The Morgan fingerprint density at radius 3 is 1.85 bits per heavy atom. The average Bonchev–Trinajstić information content (AvgIpc) is 2.20. The van der Waals surface area contributed by atoms with Crippen molar-refractivity contribution in [3.8, 4) is 0 Å². The van der Waals surface area contributed by atoms with Crippen molar-refractivity contribution in [3.63, 3.8) is 0 Å². The molecule has 0 aliphatic heterocycles. The first-order valence-corrected chi connectivity index (χ1v) is 4.99. The first-order valence-electron chi connectivity index (χ1n) is 3.55. The van der Waals surface area contributed by atoms with Gasteiger partial charge in [0.2, 0.25) is 5.24 Å². The fourth-order valence-electron chi connectivity index (χ4n) is 0.567. The first-order chi connectivity index (χ1) is 6.20. The Morgan fingerprint density at radius 1 is 1.15 bits per heavy atom. The van der Waals surface area contributed by atoms with Gasteiger partial charge in [0.1, 0.15) is 0 Å². The second-order valence-corrected chi connectivity index (χ2v) is 3.06. The van der Waals surface area contributed by atoms with Gasteiger partial charge in [0.25, 0.3) is 0 Å². The summed E-state index contributed by atoms with van der Waals surface area (Å²) in [6, 6.07) is 9.96. The third kappa shape index (κ3) is 8.10. The van der Waals surface area contributed by atoms with Gasteiger partial charge in [-0.25, -0.2) is 0 Å². The molecule has 72 valence electrons. The van der Waals surface area contributed by atoms with Gasteiger partial charge in [-0.1, -0.05) is 30.3 Å². The van der Waals surface area contributed by atoms with Crippen molar-refractivity contribution in [1.29, 1.82) is 0 Å². The van der Waals surface area contributed by atoms with Crippen LogP contribution in [0.25, 0.3) is 0 Å². The molecule has 1 aromatic rings. The minimum atomic E-state index is -0.508. The number of hydrogen-bond acceptors (Lipinski definition) is 1. The molecule has 1 nitrogen and oxygen atoms in total. The third-order valence-corrected chi connectivity index (χ3v) is 1.92. The topological polar surface area (TPSA) is 17.1 Å². The van der Waals surface area contributed by atoms with E-state index in [2.05, 4.69) is 0 Å². The van der Waals surface area contributed by atoms with Crippen LogP contribution in [0.15, 0.2) is 30.3 Å². The molecule has 0 aliphatic rings. The Labute approximate surface area is 92.6 Å². The van der Waals surface area contributed by atoms with Gasteiger partial charge in [0, 0.05) is 5.88 Å². The van der Waals surface area contributed by atoms with E-state index in [4.69, 9.17) is 34.8 Å². The van der Waals surface area contributed by atoms with Crippen molar-refractivity contribution in [2.75, 3.05) is 5.88 Å². The maximum Gasteiger partial charge on any atom is 0.236 e. The Morgan fingerprint density at radius 2 is 1.62 bits per heavy atom. The third-order valence-electron chi connectivity index (χ3n) is 1.10. The summed E-state index contributed by atoms with van der Waals surface area (Å²) in [5.74, 6) is 0.516. The normalized spacial score (nSPS) is 8.54. The number of carbonyl (C=O) groups excluding carboxylic acids is 1. The van der Waals surface area contributed by atoms with Crippen LogP contribution < -0.4 is 0 Å². The lowest BCUT2D eigenvalue weighted by atomic mass is 10.2. The molecular weight excluding hydrogens is 230 g/mol. The molecule has 0 heterocycles. The highest BCUT2D eigenvalue weighted by molar-refractivity contribution is 6.67. The molecule has 0 saturated heterocycles. The zero-order valence-electron chi connectivity index (χ0n) is 6.84. The van der Waals surface area contributed by atoms with E-state index in [1.54, 1.807) is 0 Å². The van der Waals surface area contributed by atoms with Crippen molar-refractivity contribution in [2.24, 2.45) is 0 Å². The number of benzene rings is 1. The van der Waals surface area contributed by atoms with Gasteiger partial charge in [-0.05, 0) is 17.2 Å². The second kappa shape index (κ2) is 8.36. The zero-order valence-corrected chi connectivity index (χ0v) is 9.11. The Balaban J connectivity index is 0.000000252. The summed E-state index contributed by atoms with van der Waals surface area (Å²) in [6.07, 6.45) is 0. The van der Waals surface area contributed by atoms with Crippen molar-refractivity contribution >= 4 is 40.0 Å². The number of carbonyl (C=O) groups is 1. The first kappa shape index (κ1) is 12.8. The van der Waals surface area contributed by atoms with Crippen molar-refractivity contribution < 1.29 is 4.79 Å². The second-order valence-electron chi connectivity index (χ2n) is 2.11. The van der Waals surface area contributed by atoms with Gasteiger partial charge >= 0.3 is 0 Å². The summed E-state index contributed by atoms with van der Waals surface area (Å²) >= 11 is 15.1. The lowest BCUT2D eigenvalue weighted by Crippen LogP contribution is -1.81. The summed E-state index contributed by atoms with van der Waals surface area (Å²) in [6.45, 7) is 0.